The van der Waals surface area contributed by atoms with E-state index >= 15 is 0 Å². The average Bonchev–Trinajstić information content (AvgIpc) is 1.60. The molecule has 2 aliphatic carbocycles. The van der Waals surface area contributed by atoms with Crippen molar-refractivity contribution in [1.29, 1.82) is 0 Å². The van der Waals surface area contributed by atoms with Crippen LogP contribution in [-0.2, 0) is 79.6 Å². The summed E-state index contributed by atoms with van der Waals surface area (Å²) in [5.74, 6) is 3.72. The largest absolute Gasteiger partial charge is 1.00 e. The van der Waals surface area contributed by atoms with E-state index in [1.807, 2.05) is 36.9 Å². The molecule has 0 radical (unpaired) electrons. The van der Waals surface area contributed by atoms with Crippen LogP contribution >= 0.6 is 45.8 Å². The molecule has 94 heavy (non-hydrogen) atoms. The summed E-state index contributed by atoms with van der Waals surface area (Å²) in [6.07, 6.45) is 18.8. The summed E-state index contributed by atoms with van der Waals surface area (Å²) < 4.78 is 65.5. The molecule has 25 nitrogen and oxygen atoms in total. The summed E-state index contributed by atoms with van der Waals surface area (Å²) >= 11 is 12.4. The SMILES string of the molecule is CC(Cl)Cl.CCC(=O)N1CCn2c(C3CC3)nc(-c3cn(S(=O)(=O)c4ccccc4)c4cc(-c5cnn(C)c5)ncc34)c2C1.CCC(=O)N1CCn2c(C3CC3)nc(I)c2C1.Cn1cc(-c2cc3c(cn2)c(B(O)O)cn3S(=O)(=O)c2ccccc2)cn1.O=CO[O-].[H-].[K+].[K+]. The van der Waals surface area contributed by atoms with Gasteiger partial charge < -0.3 is 40.6 Å². The number of carbonyl (C=O) groups excluding carboxylic acids is 3. The molecule has 2 saturated carbocycles. The van der Waals surface area contributed by atoms with Crippen molar-refractivity contribution in [2.24, 2.45) is 14.1 Å². The van der Waals surface area contributed by atoms with Crippen molar-refractivity contribution in [2.45, 2.75) is 112 Å². The number of alkyl halides is 2. The fraction of sp³-hybridized carbons (Fsp3) is 0.328. The van der Waals surface area contributed by atoms with Gasteiger partial charge in [0, 0.05) is 135 Å². The van der Waals surface area contributed by atoms with E-state index < -0.39 is 27.2 Å². The molecule has 33 heteroatoms. The molecule has 0 spiro atoms. The van der Waals surface area contributed by atoms with Crippen molar-refractivity contribution in [2.75, 3.05) is 13.1 Å². The number of nitrogens with zero attached hydrogens (tertiary/aromatic N) is 14. The van der Waals surface area contributed by atoms with Gasteiger partial charge in [-0.15, -0.1) is 23.2 Å². The molecule has 2 fully saturated rings. The Balaban J connectivity index is 0.000000200. The third kappa shape index (κ3) is 17.0. The van der Waals surface area contributed by atoms with Crippen LogP contribution in [0.1, 0.15) is 95.6 Å². The number of imidazole rings is 2. The summed E-state index contributed by atoms with van der Waals surface area (Å²) in [7, 11) is -6.08. The molecule has 484 valence electrons. The van der Waals surface area contributed by atoms with Crippen LogP contribution in [0.3, 0.4) is 0 Å². The van der Waals surface area contributed by atoms with Gasteiger partial charge in [0.25, 0.3) is 26.5 Å². The van der Waals surface area contributed by atoms with Gasteiger partial charge in [0.1, 0.15) is 20.2 Å². The molecule has 0 atom stereocenters. The van der Waals surface area contributed by atoms with Gasteiger partial charge in [-0.25, -0.2) is 34.7 Å². The van der Waals surface area contributed by atoms with E-state index in [0.717, 1.165) is 68.5 Å². The molecule has 8 aromatic heterocycles. The number of amides is 2. The van der Waals surface area contributed by atoms with Crippen molar-refractivity contribution in [3.05, 3.63) is 149 Å². The van der Waals surface area contributed by atoms with E-state index in [9.17, 15) is 36.5 Å². The first-order valence-corrected chi connectivity index (χ1v) is 34.3. The number of benzene rings is 2. The summed E-state index contributed by atoms with van der Waals surface area (Å²) in [5.41, 5.74) is 7.14. The van der Waals surface area contributed by atoms with Gasteiger partial charge >= 0.3 is 110 Å². The molecule has 0 saturated heterocycles. The van der Waals surface area contributed by atoms with Crippen LogP contribution in [0.25, 0.3) is 55.6 Å². The van der Waals surface area contributed by atoms with Crippen LogP contribution in [0.15, 0.2) is 132 Å². The predicted octanol–water partition coefficient (Wildman–Crippen LogP) is 1.00. The van der Waals surface area contributed by atoms with Crippen LogP contribution in [0.2, 0.25) is 0 Å². The number of hydrogen-bond donors (Lipinski definition) is 2. The molecule has 0 bridgehead atoms. The van der Waals surface area contributed by atoms with E-state index in [0.29, 0.717) is 83.1 Å². The van der Waals surface area contributed by atoms with Gasteiger partial charge in [-0.05, 0) is 91.6 Å². The Kier molecular flexibility index (Phi) is 26.3. The fourth-order valence-corrected chi connectivity index (χ4v) is 14.5. The average molecular weight is 1520 g/mol. The third-order valence-corrected chi connectivity index (χ3v) is 20.0. The minimum atomic E-state index is -3.93. The van der Waals surface area contributed by atoms with Gasteiger partial charge in [-0.2, -0.15) is 10.2 Å². The molecule has 10 aromatic rings. The fourth-order valence-electron chi connectivity index (χ4n) is 11.0. The van der Waals surface area contributed by atoms with Crippen molar-refractivity contribution in [3.8, 4) is 33.8 Å². The van der Waals surface area contributed by atoms with Crippen LogP contribution in [0.4, 0.5) is 0 Å². The molecule has 2 N–H and O–H groups in total. The zero-order valence-electron chi connectivity index (χ0n) is 53.7. The minimum absolute atomic E-state index is 0. The molecule has 14 rings (SSSR count). The number of rotatable bonds is 13. The van der Waals surface area contributed by atoms with Gasteiger partial charge in [0.2, 0.25) is 11.8 Å². The van der Waals surface area contributed by atoms with E-state index in [1.165, 1.54) is 52.9 Å². The normalized spacial score (nSPS) is 14.1. The third-order valence-electron chi connectivity index (χ3n) is 15.7. The maximum absolute atomic E-state index is 14.0. The Morgan fingerprint density at radius 2 is 1.12 bits per heavy atom. The molecule has 10 heterocycles. The maximum Gasteiger partial charge on any atom is 1.00 e. The van der Waals surface area contributed by atoms with E-state index in [-0.39, 0.29) is 143 Å². The second-order valence-electron chi connectivity index (χ2n) is 22.1. The first-order chi connectivity index (χ1) is 44.1. The number of carbonyl (C=O) groups is 3. The topological polar surface area (TPSA) is 306 Å². The van der Waals surface area contributed by atoms with E-state index in [4.69, 9.17) is 43.2 Å². The van der Waals surface area contributed by atoms with Gasteiger partial charge in [-0.3, -0.25) is 33.7 Å². The molecule has 0 unspecified atom stereocenters. The predicted molar refractivity (Wildman–Crippen MR) is 353 cm³/mol. The number of hydrogen-bond acceptors (Lipinski definition) is 17. The Morgan fingerprint density at radius 1 is 0.691 bits per heavy atom. The number of aromatic nitrogens is 12. The van der Waals surface area contributed by atoms with E-state index in [2.05, 4.69) is 56.8 Å². The summed E-state index contributed by atoms with van der Waals surface area (Å²) in [6.45, 7) is 9.59. The Bertz CT molecular complexity index is 4570. The quantitative estimate of drug-likeness (QED) is 0.0406. The van der Waals surface area contributed by atoms with Crippen LogP contribution in [0, 0.1) is 3.70 Å². The number of halogens is 3. The minimum Gasteiger partial charge on any atom is -1.00 e. The van der Waals surface area contributed by atoms with Crippen molar-refractivity contribution in [3.63, 3.8) is 0 Å². The smallest absolute Gasteiger partial charge is 1.00 e. The molecule has 2 amide bonds. The van der Waals surface area contributed by atoms with Crippen LogP contribution in [-0.4, -0.2) is 137 Å². The van der Waals surface area contributed by atoms with Gasteiger partial charge in [-0.1, -0.05) is 50.2 Å². The Morgan fingerprint density at radius 3 is 1.54 bits per heavy atom. The first-order valence-electron chi connectivity index (χ1n) is 29.5. The molecule has 2 aromatic carbocycles. The Hall–Kier alpha value is -4.50. The van der Waals surface area contributed by atoms with Gasteiger partial charge in [0.05, 0.1) is 74.8 Å². The summed E-state index contributed by atoms with van der Waals surface area (Å²) in [4.78, 5) is 58.4. The van der Waals surface area contributed by atoms with Crippen molar-refractivity contribution < 1.29 is 156 Å². The summed E-state index contributed by atoms with van der Waals surface area (Å²) in [6, 6.07) is 19.8. The van der Waals surface area contributed by atoms with Crippen LogP contribution in [0.5, 0.6) is 0 Å². The zero-order chi connectivity index (χ0) is 65.8. The monoisotopic (exact) mass is 1520 g/mol. The maximum atomic E-state index is 14.0. The zero-order valence-corrected chi connectivity index (χ0v) is 64.2. The number of fused-ring (bicyclic) bond motifs is 4. The molecule has 2 aliphatic heterocycles. The van der Waals surface area contributed by atoms with Crippen molar-refractivity contribution >= 4 is 119 Å². The number of pyridine rings is 2. The standard InChI is InChI=1S/C29H29N7O3S.C17H15BN4O4S.C12H16IN3O.C2H4Cl2.CH2O3.2K.H/c1-3-27(37)34-11-12-35-26(18-34)28(32-29(35)19-9-10-19)23-17-36(40(38,39)21-7-5-4-6-8-21)25-13-24(30-15-22(23)25)20-14-31-33(2)16-20;1-21-10-12(8-20-21)16-7-17-14(9-19-16)15(18(23)24)11-22(17)27(25,26)13-5-3-2-4-6-13;1-2-10(17)15-5-6-16-9(7-15)11(13)14-12(16)8-3-4-8;1-2(3)4;2-1-4-3;;;/h4-8,13-17,19H,3,9-12,18H2,1-2H3;2-11,23-24H,1H3;8H,2-7H2,1H3;2H,1H3;1,3H;;;/q;;;;;2*+1;-1/p-1. The Labute approximate surface area is 653 Å². The second-order valence-corrected chi connectivity index (χ2v) is 28.3. The second kappa shape index (κ2) is 32.9. The number of aryl methyl sites for hydroxylation is 2. The van der Waals surface area contributed by atoms with E-state index in [1.54, 1.807) is 115 Å². The van der Waals surface area contributed by atoms with Gasteiger partial charge in [0.15, 0.2) is 0 Å². The van der Waals surface area contributed by atoms with Crippen molar-refractivity contribution in [1.82, 2.24) is 66.4 Å². The summed E-state index contributed by atoms with van der Waals surface area (Å²) in [5, 5.41) is 37.1. The first kappa shape index (κ1) is 75.3. The molecular formula is C61H66BCl2IK2N14O11S2. The molecule has 4 aliphatic rings. The molecular weight excluding hydrogens is 1460 g/mol. The van der Waals surface area contributed by atoms with Crippen LogP contribution < -0.4 is 113 Å².